The molecular weight excluding hydrogens is 472 g/mol. The number of hydrogen-bond donors (Lipinski definition) is 2. The van der Waals surface area contributed by atoms with Crippen molar-refractivity contribution in [2.75, 3.05) is 18.0 Å². The van der Waals surface area contributed by atoms with Crippen LogP contribution in [0.3, 0.4) is 0 Å². The van der Waals surface area contributed by atoms with Crippen molar-refractivity contribution in [2.24, 2.45) is 0 Å². The van der Waals surface area contributed by atoms with Gasteiger partial charge in [-0.25, -0.2) is 4.79 Å². The third-order valence-corrected chi connectivity index (χ3v) is 6.70. The van der Waals surface area contributed by atoms with E-state index >= 15 is 0 Å². The van der Waals surface area contributed by atoms with E-state index in [1.165, 1.54) is 16.3 Å². The van der Waals surface area contributed by atoms with Gasteiger partial charge < -0.3 is 20.1 Å². The molecule has 0 aliphatic carbocycles. The highest BCUT2D eigenvalue weighted by molar-refractivity contribution is 5.87. The van der Waals surface area contributed by atoms with Crippen molar-refractivity contribution in [3.8, 4) is 5.75 Å². The van der Waals surface area contributed by atoms with Crippen LogP contribution in [0.5, 0.6) is 5.75 Å². The number of fused-ring (bicyclic) bond motifs is 2. The molecule has 36 heavy (non-hydrogen) atoms. The second-order valence-corrected chi connectivity index (χ2v) is 9.12. The molecule has 2 atom stereocenters. The molecule has 1 unspecified atom stereocenters. The summed E-state index contributed by atoms with van der Waals surface area (Å²) in [5, 5.41) is 15.4. The molecule has 186 valence electrons. The van der Waals surface area contributed by atoms with E-state index in [1.807, 2.05) is 30.3 Å². The maximum Gasteiger partial charge on any atom is 0.335 e. The number of benzene rings is 4. The van der Waals surface area contributed by atoms with Crippen molar-refractivity contribution >= 4 is 34.8 Å². The molecule has 0 aromatic heterocycles. The van der Waals surface area contributed by atoms with Crippen LogP contribution in [0, 0.1) is 0 Å². The largest absolute Gasteiger partial charge is 0.486 e. The molecule has 0 amide bonds. The number of halogens is 1. The van der Waals surface area contributed by atoms with Gasteiger partial charge in [-0.3, -0.25) is 0 Å². The van der Waals surface area contributed by atoms with Crippen LogP contribution in [0.15, 0.2) is 91.0 Å². The van der Waals surface area contributed by atoms with Crippen LogP contribution in [-0.2, 0) is 6.54 Å². The first-order valence-electron chi connectivity index (χ1n) is 12.1. The number of carboxylic acid groups (broad SMARTS) is 1. The second kappa shape index (κ2) is 11.5. The maximum atomic E-state index is 11.2. The smallest absolute Gasteiger partial charge is 0.335 e. The zero-order valence-electron chi connectivity index (χ0n) is 20.3. The zero-order valence-corrected chi connectivity index (χ0v) is 21.1. The lowest BCUT2D eigenvalue weighted by Gasteiger charge is -2.36. The molecule has 0 bridgehead atoms. The van der Waals surface area contributed by atoms with Crippen LogP contribution >= 0.6 is 12.4 Å². The Kier molecular flexibility index (Phi) is 8.14. The summed E-state index contributed by atoms with van der Waals surface area (Å²) in [6.45, 7) is 4.54. The fourth-order valence-electron chi connectivity index (χ4n) is 4.85. The SMILES string of the molecule is C[C@@H](NCCC1CN(Cc2ccc(C(=O)O)cc2)c2ccccc2O1)c1cccc2ccccc12.Cl. The maximum absolute atomic E-state index is 11.2. The Morgan fingerprint density at radius 2 is 1.72 bits per heavy atom. The van der Waals surface area contributed by atoms with E-state index in [0.29, 0.717) is 12.1 Å². The number of carbonyl (C=O) groups is 1. The summed E-state index contributed by atoms with van der Waals surface area (Å²) in [5.74, 6) is -0.00781. The molecule has 4 aromatic rings. The number of aromatic carboxylic acids is 1. The summed E-state index contributed by atoms with van der Waals surface area (Å²) in [6.07, 6.45) is 0.952. The van der Waals surface area contributed by atoms with Crippen molar-refractivity contribution in [1.82, 2.24) is 5.32 Å². The minimum absolute atomic E-state index is 0. The second-order valence-electron chi connectivity index (χ2n) is 9.12. The van der Waals surface area contributed by atoms with Gasteiger partial charge in [0.2, 0.25) is 0 Å². The zero-order chi connectivity index (χ0) is 24.2. The fraction of sp³-hybridized carbons (Fsp3) is 0.233. The number of hydrogen-bond acceptors (Lipinski definition) is 4. The standard InChI is InChI=1S/C30H30N2O3.ClH/c1-21(26-10-6-8-23-7-2-3-9-27(23)26)31-18-17-25-20-32(28-11-4-5-12-29(28)35-25)19-22-13-15-24(16-14-22)30(33)34;/h2-16,21,25,31H,17-20H2,1H3,(H,33,34);1H/t21-,25?;/m1./s1. The molecule has 1 heterocycles. The molecule has 1 aliphatic rings. The Balaban J connectivity index is 0.00000304. The minimum Gasteiger partial charge on any atom is -0.486 e. The average Bonchev–Trinajstić information content (AvgIpc) is 2.88. The van der Waals surface area contributed by atoms with E-state index in [2.05, 4.69) is 65.7 Å². The lowest BCUT2D eigenvalue weighted by molar-refractivity contribution is 0.0697. The fourth-order valence-corrected chi connectivity index (χ4v) is 4.85. The predicted molar refractivity (Wildman–Crippen MR) is 148 cm³/mol. The molecule has 4 aromatic carbocycles. The van der Waals surface area contributed by atoms with Crippen molar-refractivity contribution < 1.29 is 14.6 Å². The highest BCUT2D eigenvalue weighted by atomic mass is 35.5. The first-order valence-corrected chi connectivity index (χ1v) is 12.1. The number of anilines is 1. The van der Waals surface area contributed by atoms with Crippen LogP contribution < -0.4 is 15.0 Å². The summed E-state index contributed by atoms with van der Waals surface area (Å²) in [4.78, 5) is 13.5. The molecule has 1 aliphatic heterocycles. The first-order chi connectivity index (χ1) is 17.1. The minimum atomic E-state index is -0.904. The number of rotatable bonds is 8. The van der Waals surface area contributed by atoms with E-state index in [9.17, 15) is 9.90 Å². The van der Waals surface area contributed by atoms with Gasteiger partial charge in [0.05, 0.1) is 17.8 Å². The topological polar surface area (TPSA) is 61.8 Å². The normalized spacial score (nSPS) is 15.5. The van der Waals surface area contributed by atoms with Gasteiger partial charge in [-0.15, -0.1) is 12.4 Å². The Labute approximate surface area is 218 Å². The van der Waals surface area contributed by atoms with Crippen LogP contribution in [0.4, 0.5) is 5.69 Å². The van der Waals surface area contributed by atoms with Crippen molar-refractivity contribution in [2.45, 2.75) is 32.0 Å². The molecule has 0 fully saturated rings. The van der Waals surface area contributed by atoms with E-state index < -0.39 is 5.97 Å². The lowest BCUT2D eigenvalue weighted by atomic mass is 9.99. The molecule has 6 heteroatoms. The van der Waals surface area contributed by atoms with Gasteiger partial charge in [0.1, 0.15) is 11.9 Å². The number of carboxylic acids is 1. The summed E-state index contributed by atoms with van der Waals surface area (Å²) in [6, 6.07) is 30.5. The average molecular weight is 503 g/mol. The van der Waals surface area contributed by atoms with Gasteiger partial charge in [0.15, 0.2) is 0 Å². The Morgan fingerprint density at radius 1 is 1.00 bits per heavy atom. The number of ether oxygens (including phenoxy) is 1. The van der Waals surface area contributed by atoms with Crippen LogP contribution in [-0.4, -0.2) is 30.3 Å². The Hall–Kier alpha value is -3.54. The molecular formula is C30H31ClN2O3. The molecule has 5 rings (SSSR count). The van der Waals surface area contributed by atoms with Crippen molar-refractivity contribution in [1.29, 1.82) is 0 Å². The summed E-state index contributed by atoms with van der Waals surface area (Å²) in [7, 11) is 0. The van der Waals surface area contributed by atoms with Crippen LogP contribution in [0.25, 0.3) is 10.8 Å². The Morgan fingerprint density at radius 3 is 2.53 bits per heavy atom. The van der Waals surface area contributed by atoms with Crippen molar-refractivity contribution in [3.63, 3.8) is 0 Å². The first kappa shape index (κ1) is 25.5. The third kappa shape index (κ3) is 5.64. The van der Waals surface area contributed by atoms with E-state index in [-0.39, 0.29) is 24.6 Å². The molecule has 5 nitrogen and oxygen atoms in total. The van der Waals surface area contributed by atoms with E-state index in [4.69, 9.17) is 4.74 Å². The number of nitrogens with one attached hydrogen (secondary N) is 1. The van der Waals surface area contributed by atoms with Gasteiger partial charge in [-0.1, -0.05) is 66.7 Å². The number of para-hydroxylation sites is 2. The van der Waals surface area contributed by atoms with Gasteiger partial charge in [0, 0.05) is 12.6 Å². The van der Waals surface area contributed by atoms with Gasteiger partial charge in [-0.05, 0) is 66.1 Å². The van der Waals surface area contributed by atoms with Crippen LogP contribution in [0.2, 0.25) is 0 Å². The molecule has 0 radical (unpaired) electrons. The molecule has 0 saturated carbocycles. The van der Waals surface area contributed by atoms with E-state index in [1.54, 1.807) is 12.1 Å². The molecule has 0 spiro atoms. The quantitative estimate of drug-likeness (QED) is 0.289. The number of nitrogens with zero attached hydrogens (tertiary/aromatic N) is 1. The Bertz CT molecular complexity index is 1320. The van der Waals surface area contributed by atoms with E-state index in [0.717, 1.165) is 36.5 Å². The molecule has 0 saturated heterocycles. The van der Waals surface area contributed by atoms with Gasteiger partial charge in [-0.2, -0.15) is 0 Å². The van der Waals surface area contributed by atoms with Gasteiger partial charge in [0.25, 0.3) is 0 Å². The highest BCUT2D eigenvalue weighted by Gasteiger charge is 2.25. The van der Waals surface area contributed by atoms with Crippen molar-refractivity contribution in [3.05, 3.63) is 108 Å². The highest BCUT2D eigenvalue weighted by Crippen LogP contribution is 2.35. The predicted octanol–water partition coefficient (Wildman–Crippen LogP) is 6.47. The molecule has 2 N–H and O–H groups in total. The van der Waals surface area contributed by atoms with Gasteiger partial charge >= 0.3 is 5.97 Å². The summed E-state index contributed by atoms with van der Waals surface area (Å²) in [5.41, 5.74) is 3.76. The third-order valence-electron chi connectivity index (χ3n) is 6.70. The lowest BCUT2D eigenvalue weighted by Crippen LogP contribution is -2.41. The monoisotopic (exact) mass is 502 g/mol. The summed E-state index contributed by atoms with van der Waals surface area (Å²) < 4.78 is 6.35. The van der Waals surface area contributed by atoms with Crippen LogP contribution in [0.1, 0.15) is 40.9 Å². The summed E-state index contributed by atoms with van der Waals surface area (Å²) >= 11 is 0.